The van der Waals surface area contributed by atoms with E-state index in [1.54, 1.807) is 6.20 Å². The van der Waals surface area contributed by atoms with E-state index < -0.39 is 0 Å². The van der Waals surface area contributed by atoms with Gasteiger partial charge in [-0.25, -0.2) is 4.68 Å². The van der Waals surface area contributed by atoms with Gasteiger partial charge in [-0.15, -0.1) is 5.10 Å². The van der Waals surface area contributed by atoms with Crippen molar-refractivity contribution in [2.75, 3.05) is 11.9 Å². The number of benzene rings is 1. The SMILES string of the molecule is Cc1cc(Br)ccc1NC(=O)Cn1cc(CCCO)nn1. The Labute approximate surface area is 131 Å². The fourth-order valence-corrected chi connectivity index (χ4v) is 2.37. The molecule has 21 heavy (non-hydrogen) atoms. The molecule has 0 atom stereocenters. The van der Waals surface area contributed by atoms with Gasteiger partial charge in [-0.2, -0.15) is 0 Å². The van der Waals surface area contributed by atoms with Gasteiger partial charge >= 0.3 is 0 Å². The van der Waals surface area contributed by atoms with E-state index in [4.69, 9.17) is 5.11 Å². The Morgan fingerprint density at radius 3 is 3.00 bits per heavy atom. The van der Waals surface area contributed by atoms with Gasteiger partial charge in [0, 0.05) is 23.0 Å². The van der Waals surface area contributed by atoms with Crippen molar-refractivity contribution in [3.05, 3.63) is 40.1 Å². The second-order valence-electron chi connectivity index (χ2n) is 4.74. The molecule has 6 nitrogen and oxygen atoms in total. The van der Waals surface area contributed by atoms with Gasteiger partial charge in [0.15, 0.2) is 0 Å². The van der Waals surface area contributed by atoms with Crippen LogP contribution in [0.3, 0.4) is 0 Å². The van der Waals surface area contributed by atoms with E-state index in [1.807, 2.05) is 25.1 Å². The van der Waals surface area contributed by atoms with E-state index in [9.17, 15) is 4.79 Å². The summed E-state index contributed by atoms with van der Waals surface area (Å²) in [6.45, 7) is 2.17. The summed E-state index contributed by atoms with van der Waals surface area (Å²) >= 11 is 3.39. The highest BCUT2D eigenvalue weighted by Gasteiger charge is 2.08. The van der Waals surface area contributed by atoms with Crippen LogP contribution in [0.4, 0.5) is 5.69 Å². The number of aliphatic hydroxyl groups excluding tert-OH is 1. The lowest BCUT2D eigenvalue weighted by atomic mass is 10.2. The minimum Gasteiger partial charge on any atom is -0.396 e. The maximum absolute atomic E-state index is 12.0. The number of rotatable bonds is 6. The van der Waals surface area contributed by atoms with Crippen LogP contribution in [0.15, 0.2) is 28.9 Å². The number of halogens is 1. The van der Waals surface area contributed by atoms with E-state index in [0.717, 1.165) is 21.4 Å². The van der Waals surface area contributed by atoms with E-state index in [1.165, 1.54) is 4.68 Å². The number of amides is 1. The minimum absolute atomic E-state index is 0.113. The van der Waals surface area contributed by atoms with E-state index >= 15 is 0 Å². The van der Waals surface area contributed by atoms with E-state index in [2.05, 4.69) is 31.6 Å². The third-order valence-electron chi connectivity index (χ3n) is 2.95. The number of carbonyl (C=O) groups is 1. The molecule has 1 aromatic heterocycles. The van der Waals surface area contributed by atoms with Gasteiger partial charge in [0.2, 0.25) is 5.91 Å². The van der Waals surface area contributed by atoms with Gasteiger partial charge in [-0.05, 0) is 43.5 Å². The third-order valence-corrected chi connectivity index (χ3v) is 3.44. The quantitative estimate of drug-likeness (QED) is 0.832. The molecule has 0 saturated carbocycles. The molecule has 0 radical (unpaired) electrons. The Kier molecular flexibility index (Phi) is 5.46. The number of aromatic nitrogens is 3. The number of aryl methyl sites for hydroxylation is 2. The van der Waals surface area contributed by atoms with Crippen LogP contribution in [0, 0.1) is 6.92 Å². The Hall–Kier alpha value is -1.73. The number of hydrogen-bond donors (Lipinski definition) is 2. The number of carbonyl (C=O) groups excluding carboxylic acids is 1. The lowest BCUT2D eigenvalue weighted by molar-refractivity contribution is -0.116. The van der Waals surface area contributed by atoms with Crippen molar-refractivity contribution < 1.29 is 9.90 Å². The molecule has 0 aliphatic carbocycles. The topological polar surface area (TPSA) is 80.0 Å². The van der Waals surface area contributed by atoms with Crippen LogP contribution in [0.5, 0.6) is 0 Å². The predicted octanol–water partition coefficient (Wildman–Crippen LogP) is 1.91. The monoisotopic (exact) mass is 352 g/mol. The smallest absolute Gasteiger partial charge is 0.246 e. The van der Waals surface area contributed by atoms with Crippen LogP contribution in [0.1, 0.15) is 17.7 Å². The maximum Gasteiger partial charge on any atom is 0.246 e. The highest BCUT2D eigenvalue weighted by molar-refractivity contribution is 9.10. The van der Waals surface area contributed by atoms with Crippen LogP contribution >= 0.6 is 15.9 Å². The molecule has 1 aromatic carbocycles. The molecule has 2 aromatic rings. The number of hydrogen-bond acceptors (Lipinski definition) is 4. The Morgan fingerprint density at radius 1 is 1.48 bits per heavy atom. The molecule has 7 heteroatoms. The zero-order valence-electron chi connectivity index (χ0n) is 11.7. The van der Waals surface area contributed by atoms with Crippen LogP contribution in [0.2, 0.25) is 0 Å². The van der Waals surface area contributed by atoms with Crippen LogP contribution in [-0.2, 0) is 17.8 Å². The summed E-state index contributed by atoms with van der Waals surface area (Å²) in [5.74, 6) is -0.154. The average Bonchev–Trinajstić information content (AvgIpc) is 2.87. The van der Waals surface area contributed by atoms with Crippen molar-refractivity contribution in [1.82, 2.24) is 15.0 Å². The van der Waals surface area contributed by atoms with Gasteiger partial charge in [0.1, 0.15) is 6.54 Å². The number of nitrogens with zero attached hydrogens (tertiary/aromatic N) is 3. The Bertz CT molecular complexity index is 627. The Balaban J connectivity index is 1.93. The summed E-state index contributed by atoms with van der Waals surface area (Å²) < 4.78 is 2.47. The summed E-state index contributed by atoms with van der Waals surface area (Å²) in [5.41, 5.74) is 2.54. The summed E-state index contributed by atoms with van der Waals surface area (Å²) in [5, 5.41) is 19.5. The number of aliphatic hydroxyl groups is 1. The third kappa shape index (κ3) is 4.64. The standard InChI is InChI=1S/C14H17BrN4O2/c1-10-7-11(15)4-5-13(10)16-14(21)9-19-8-12(17-18-19)3-2-6-20/h4-5,7-8,20H,2-3,6,9H2,1H3,(H,16,21). The van der Waals surface area contributed by atoms with Gasteiger partial charge in [-0.3, -0.25) is 4.79 Å². The fraction of sp³-hybridized carbons (Fsp3) is 0.357. The largest absolute Gasteiger partial charge is 0.396 e. The predicted molar refractivity (Wildman–Crippen MR) is 82.9 cm³/mol. The molecule has 112 valence electrons. The molecule has 2 rings (SSSR count). The maximum atomic E-state index is 12.0. The van der Waals surface area contributed by atoms with Gasteiger partial charge in [-0.1, -0.05) is 21.1 Å². The zero-order valence-corrected chi connectivity index (χ0v) is 13.3. The van der Waals surface area contributed by atoms with E-state index in [0.29, 0.717) is 12.8 Å². The number of anilines is 1. The van der Waals surface area contributed by atoms with Crippen LogP contribution < -0.4 is 5.32 Å². The Morgan fingerprint density at radius 2 is 2.29 bits per heavy atom. The van der Waals surface area contributed by atoms with Crippen molar-refractivity contribution in [2.24, 2.45) is 0 Å². The van der Waals surface area contributed by atoms with Gasteiger partial charge in [0.25, 0.3) is 0 Å². The molecule has 0 fully saturated rings. The molecular weight excluding hydrogens is 336 g/mol. The fourth-order valence-electron chi connectivity index (χ4n) is 1.89. The first-order chi connectivity index (χ1) is 10.1. The molecule has 1 heterocycles. The lowest BCUT2D eigenvalue weighted by Gasteiger charge is -2.08. The van der Waals surface area contributed by atoms with Crippen LogP contribution in [-0.4, -0.2) is 32.6 Å². The molecule has 0 aliphatic rings. The molecule has 0 unspecified atom stereocenters. The first-order valence-electron chi connectivity index (χ1n) is 6.64. The first kappa shape index (κ1) is 15.7. The van der Waals surface area contributed by atoms with Crippen molar-refractivity contribution in [3.63, 3.8) is 0 Å². The highest BCUT2D eigenvalue weighted by Crippen LogP contribution is 2.19. The van der Waals surface area contributed by atoms with Crippen molar-refractivity contribution >= 4 is 27.5 Å². The molecule has 0 saturated heterocycles. The molecular formula is C14H17BrN4O2. The summed E-state index contributed by atoms with van der Waals surface area (Å²) in [7, 11) is 0. The molecule has 1 amide bonds. The molecule has 2 N–H and O–H groups in total. The van der Waals surface area contributed by atoms with Crippen molar-refractivity contribution in [3.8, 4) is 0 Å². The molecule has 0 aliphatic heterocycles. The summed E-state index contributed by atoms with van der Waals surface area (Å²) in [6, 6.07) is 5.68. The lowest BCUT2D eigenvalue weighted by Crippen LogP contribution is -2.19. The van der Waals surface area contributed by atoms with Crippen molar-refractivity contribution in [1.29, 1.82) is 0 Å². The normalized spacial score (nSPS) is 10.6. The van der Waals surface area contributed by atoms with E-state index in [-0.39, 0.29) is 19.1 Å². The van der Waals surface area contributed by atoms with Crippen molar-refractivity contribution in [2.45, 2.75) is 26.3 Å². The summed E-state index contributed by atoms with van der Waals surface area (Å²) in [6.07, 6.45) is 3.02. The minimum atomic E-state index is -0.154. The second-order valence-corrected chi connectivity index (χ2v) is 5.66. The zero-order chi connectivity index (χ0) is 15.2. The second kappa shape index (κ2) is 7.33. The number of nitrogens with one attached hydrogen (secondary N) is 1. The summed E-state index contributed by atoms with van der Waals surface area (Å²) in [4.78, 5) is 12.0. The van der Waals surface area contributed by atoms with Gasteiger partial charge in [0.05, 0.1) is 5.69 Å². The molecule has 0 bridgehead atoms. The molecule has 0 spiro atoms. The highest BCUT2D eigenvalue weighted by atomic mass is 79.9. The average molecular weight is 353 g/mol. The van der Waals surface area contributed by atoms with Gasteiger partial charge < -0.3 is 10.4 Å². The first-order valence-corrected chi connectivity index (χ1v) is 7.43. The van der Waals surface area contributed by atoms with Crippen LogP contribution in [0.25, 0.3) is 0 Å².